The van der Waals surface area contributed by atoms with Crippen LogP contribution in [0.2, 0.25) is 18.1 Å². The van der Waals surface area contributed by atoms with Gasteiger partial charge in [0.25, 0.3) is 0 Å². The van der Waals surface area contributed by atoms with Crippen molar-refractivity contribution in [3.05, 3.63) is 11.6 Å². The molecule has 0 aromatic rings. The normalized spacial score (nSPS) is 50.6. The van der Waals surface area contributed by atoms with Crippen molar-refractivity contribution in [1.82, 2.24) is 0 Å². The summed E-state index contributed by atoms with van der Waals surface area (Å²) in [5.74, 6) is -4.31. The van der Waals surface area contributed by atoms with Gasteiger partial charge in [0, 0.05) is 36.0 Å². The van der Waals surface area contributed by atoms with Crippen LogP contribution in [0.4, 0.5) is 0 Å². The number of fused-ring (bicyclic) bond motifs is 7. The van der Waals surface area contributed by atoms with Crippen molar-refractivity contribution in [2.75, 3.05) is 6.61 Å². The number of hydrogen-bond donors (Lipinski definition) is 4. The van der Waals surface area contributed by atoms with Gasteiger partial charge in [0.15, 0.2) is 11.4 Å². The second-order valence-corrected chi connectivity index (χ2v) is 19.4. The summed E-state index contributed by atoms with van der Waals surface area (Å²) in [6.45, 7) is 18.5. The minimum atomic E-state index is -2.50. The number of rotatable bonds is 4. The lowest BCUT2D eigenvalue weighted by atomic mass is 9.58. The molecule has 1 unspecified atom stereocenters. The first-order valence-corrected chi connectivity index (χ1v) is 16.6. The first kappa shape index (κ1) is 28.4. The lowest BCUT2D eigenvalue weighted by Crippen LogP contribution is -2.69. The van der Waals surface area contributed by atoms with E-state index in [4.69, 9.17) is 13.9 Å². The second kappa shape index (κ2) is 7.57. The van der Waals surface area contributed by atoms with Crippen LogP contribution >= 0.6 is 0 Å². The van der Waals surface area contributed by atoms with E-state index < -0.39 is 96.5 Å². The van der Waals surface area contributed by atoms with Gasteiger partial charge in [-0.15, -0.1) is 18.1 Å². The molecule has 0 radical (unpaired) electrons. The maximum atomic E-state index is 13.4. The van der Waals surface area contributed by atoms with Crippen molar-refractivity contribution in [2.24, 2.45) is 29.1 Å². The Morgan fingerprint density at radius 2 is 1.79 bits per heavy atom. The molecule has 0 amide bonds. The van der Waals surface area contributed by atoms with Crippen LogP contribution in [0.25, 0.3) is 0 Å². The molecule has 0 aromatic heterocycles. The third kappa shape index (κ3) is 2.93. The van der Waals surface area contributed by atoms with Gasteiger partial charge in [-0.05, 0) is 20.8 Å². The highest BCUT2D eigenvalue weighted by atomic mass is 28.4. The number of hydrogen-bond acceptors (Lipinski definition) is 9. The molecule has 9 nitrogen and oxygen atoms in total. The Labute approximate surface area is 225 Å². The summed E-state index contributed by atoms with van der Waals surface area (Å²) in [7, 11) is -2.50. The SMILES string of the molecule is CC(=O)O[C@@]12[C@H](O[Si-](C)(C)C(C)(C)C)[C@@H](C)[C@@]3(O)C([C@@H]1C2(C)C)[C@@H]1O[C@]1(CO)[C@@H](O)[C@]1(O)C(=O)C(C)=C[C@H]13. The summed E-state index contributed by atoms with van der Waals surface area (Å²) in [6, 6.07) is 0. The van der Waals surface area contributed by atoms with Gasteiger partial charge < -0.3 is 34.3 Å². The summed E-state index contributed by atoms with van der Waals surface area (Å²) in [5.41, 5.74) is -7.33. The Bertz CT molecular complexity index is 1130. The van der Waals surface area contributed by atoms with Crippen LogP contribution < -0.4 is 0 Å². The quantitative estimate of drug-likeness (QED) is 0.233. The van der Waals surface area contributed by atoms with Crippen LogP contribution in [0.15, 0.2) is 11.6 Å². The molecule has 1 aliphatic heterocycles. The molecule has 5 aliphatic rings. The molecule has 4 N–H and O–H groups in total. The van der Waals surface area contributed by atoms with Crippen molar-refractivity contribution in [3.63, 3.8) is 0 Å². The summed E-state index contributed by atoms with van der Waals surface area (Å²) < 4.78 is 19.2. The molecule has 4 fully saturated rings. The standard InChI is InChI=1S/C28H44O9Si/c1-13-11-16-26(33)14(2)20(37-38(9,10)23(4,5)6)28(35-15(3)30)18(24(28,7)8)17(26)21-25(12-29,36-21)22(32)27(16,34)19(13)31/h11,14,16-18,20-22,29,32-34H,12H2,1-10H3/q-1/t14-,16+,17?,18-,20-,21+,22-,25+,26+,27-,28-/m1/s1. The highest BCUT2D eigenvalue weighted by Gasteiger charge is 2.92. The first-order chi connectivity index (χ1) is 17.1. The topological polar surface area (TPSA) is 146 Å². The molecule has 215 valence electrons. The molecular formula is C28H44O9Si-. The number of carbonyl (C=O) groups excluding carboxylic acids is 2. The van der Waals surface area contributed by atoms with Gasteiger partial charge in [-0.2, -0.15) is 0 Å². The van der Waals surface area contributed by atoms with E-state index in [9.17, 15) is 30.0 Å². The van der Waals surface area contributed by atoms with Crippen LogP contribution in [-0.2, 0) is 23.5 Å². The van der Waals surface area contributed by atoms with E-state index in [2.05, 4.69) is 33.9 Å². The van der Waals surface area contributed by atoms with E-state index in [0.717, 1.165) is 0 Å². The average Bonchev–Trinajstić information content (AvgIpc) is 3.61. The predicted octanol–water partition coefficient (Wildman–Crippen LogP) is 1.71. The predicted molar refractivity (Wildman–Crippen MR) is 139 cm³/mol. The highest BCUT2D eigenvalue weighted by molar-refractivity contribution is 6.74. The fourth-order valence-electron chi connectivity index (χ4n) is 8.40. The van der Waals surface area contributed by atoms with E-state index in [1.807, 2.05) is 20.8 Å². The average molecular weight is 553 g/mol. The number of carbonyl (C=O) groups is 2. The molecule has 1 saturated heterocycles. The van der Waals surface area contributed by atoms with Crippen molar-refractivity contribution in [2.45, 2.75) is 114 Å². The molecule has 0 bridgehead atoms. The van der Waals surface area contributed by atoms with Gasteiger partial charge in [0.2, 0.25) is 0 Å². The summed E-state index contributed by atoms with van der Waals surface area (Å²) in [4.78, 5) is 26.0. The highest BCUT2D eigenvalue weighted by Crippen LogP contribution is 2.80. The fraction of sp³-hybridized carbons (Fsp3) is 0.857. The maximum absolute atomic E-state index is 13.4. The van der Waals surface area contributed by atoms with Gasteiger partial charge in [0.1, 0.15) is 17.3 Å². The van der Waals surface area contributed by atoms with Crippen LogP contribution in [0, 0.1) is 29.1 Å². The smallest absolute Gasteiger partial charge is 0.303 e. The molecule has 0 aromatic carbocycles. The minimum absolute atomic E-state index is 0.190. The third-order valence-electron chi connectivity index (χ3n) is 11.5. The van der Waals surface area contributed by atoms with Gasteiger partial charge >= 0.3 is 5.97 Å². The van der Waals surface area contributed by atoms with Crippen LogP contribution in [-0.4, -0.2) is 87.8 Å². The number of Topliss-reactive ketones (excluding diaryl/α,β-unsaturated/α-hetero) is 1. The van der Waals surface area contributed by atoms with Crippen LogP contribution in [0.5, 0.6) is 0 Å². The van der Waals surface area contributed by atoms with Gasteiger partial charge in [-0.3, -0.25) is 9.59 Å². The Balaban J connectivity index is 1.77. The Kier molecular flexibility index (Phi) is 5.66. The number of aliphatic hydroxyl groups excluding tert-OH is 2. The zero-order valence-electron chi connectivity index (χ0n) is 24.2. The first-order valence-electron chi connectivity index (χ1n) is 13.7. The molecule has 0 spiro atoms. The van der Waals surface area contributed by atoms with E-state index in [-0.39, 0.29) is 10.6 Å². The Hall–Kier alpha value is -1.14. The van der Waals surface area contributed by atoms with Gasteiger partial charge in [-0.25, -0.2) is 0 Å². The van der Waals surface area contributed by atoms with Crippen molar-refractivity contribution in [3.8, 4) is 0 Å². The number of aliphatic hydroxyl groups is 4. The lowest BCUT2D eigenvalue weighted by molar-refractivity contribution is -0.236. The minimum Gasteiger partial charge on any atom is -0.559 e. The number of epoxide rings is 1. The van der Waals surface area contributed by atoms with E-state index in [0.29, 0.717) is 0 Å². The molecule has 5 rings (SSSR count). The number of esters is 1. The van der Waals surface area contributed by atoms with Crippen molar-refractivity contribution >= 4 is 20.1 Å². The molecule has 10 heteroatoms. The summed E-state index contributed by atoms with van der Waals surface area (Å²) in [6.07, 6.45) is -1.81. The van der Waals surface area contributed by atoms with E-state index in [1.165, 1.54) is 6.92 Å². The number of ether oxygens (including phenoxy) is 2. The molecule has 1 heterocycles. The molecule has 11 atom stereocenters. The van der Waals surface area contributed by atoms with E-state index in [1.54, 1.807) is 13.0 Å². The zero-order valence-corrected chi connectivity index (χ0v) is 25.2. The van der Waals surface area contributed by atoms with Crippen LogP contribution in [0.1, 0.15) is 55.4 Å². The zero-order chi connectivity index (χ0) is 28.8. The molecule has 4 aliphatic carbocycles. The summed E-state index contributed by atoms with van der Waals surface area (Å²) in [5, 5.41) is 46.7. The second-order valence-electron chi connectivity index (χ2n) is 14.6. The van der Waals surface area contributed by atoms with Crippen molar-refractivity contribution in [1.29, 1.82) is 0 Å². The van der Waals surface area contributed by atoms with Crippen LogP contribution in [0.3, 0.4) is 0 Å². The maximum Gasteiger partial charge on any atom is 0.303 e. The Morgan fingerprint density at radius 3 is 2.29 bits per heavy atom. The monoisotopic (exact) mass is 552 g/mol. The number of ketones is 1. The summed E-state index contributed by atoms with van der Waals surface area (Å²) >= 11 is 0. The van der Waals surface area contributed by atoms with Gasteiger partial charge in [0.05, 0.1) is 24.4 Å². The van der Waals surface area contributed by atoms with Gasteiger partial charge in [-0.1, -0.05) is 47.6 Å². The molecule has 38 heavy (non-hydrogen) atoms. The van der Waals surface area contributed by atoms with E-state index >= 15 is 0 Å². The fourth-order valence-corrected chi connectivity index (χ4v) is 9.77. The Morgan fingerprint density at radius 1 is 1.21 bits per heavy atom. The molecule has 3 saturated carbocycles. The molecular weight excluding hydrogens is 508 g/mol. The largest absolute Gasteiger partial charge is 0.559 e. The van der Waals surface area contributed by atoms with Crippen molar-refractivity contribution < 1.29 is 43.9 Å². The third-order valence-corrected chi connectivity index (χ3v) is 16.0. The lowest BCUT2D eigenvalue weighted by Gasteiger charge is -2.59.